The monoisotopic (exact) mass is 359 g/mol. The fraction of sp³-hybridized carbons (Fsp3) is 0.294. The predicted molar refractivity (Wildman–Crippen MR) is 87.2 cm³/mol. The molecule has 0 bridgehead atoms. The van der Waals surface area contributed by atoms with Gasteiger partial charge in [0.2, 0.25) is 0 Å². The van der Waals surface area contributed by atoms with Crippen molar-refractivity contribution in [2.45, 2.75) is 11.3 Å². The van der Waals surface area contributed by atoms with Gasteiger partial charge in [0.15, 0.2) is 5.78 Å². The number of aliphatic carboxylic acids is 1. The molecule has 1 aromatic rings. The summed E-state index contributed by atoms with van der Waals surface area (Å²) in [7, 11) is 0. The molecule has 0 aromatic heterocycles. The van der Waals surface area contributed by atoms with Crippen molar-refractivity contribution in [2.75, 3.05) is 12.4 Å². The highest BCUT2D eigenvalue weighted by Gasteiger charge is 2.61. The predicted octanol–water partition coefficient (Wildman–Crippen LogP) is 0.339. The number of ketones is 1. The van der Waals surface area contributed by atoms with E-state index in [-0.39, 0.29) is 22.5 Å². The number of carbonyl (C=O) groups excluding carboxylic acids is 3. The average Bonchev–Trinajstić information content (AvgIpc) is 2.86. The van der Waals surface area contributed by atoms with Crippen LogP contribution in [0.25, 0.3) is 0 Å². The zero-order chi connectivity index (χ0) is 17.9. The molecular formula is C17H13NO6S. The van der Waals surface area contributed by atoms with Crippen molar-refractivity contribution >= 4 is 35.3 Å². The summed E-state index contributed by atoms with van der Waals surface area (Å²) < 4.78 is 0. The molecule has 7 nitrogen and oxygen atoms in total. The number of hydrogen-bond acceptors (Lipinski definition) is 6. The Bertz CT molecular complexity index is 841. The second kappa shape index (κ2) is 5.53. The second-order valence-electron chi connectivity index (χ2n) is 6.11. The number of benzene rings is 1. The Morgan fingerprint density at radius 1 is 1.16 bits per heavy atom. The van der Waals surface area contributed by atoms with Gasteiger partial charge in [-0.05, 0) is 17.7 Å². The highest BCUT2D eigenvalue weighted by Crippen LogP contribution is 2.48. The third kappa shape index (κ3) is 2.04. The molecule has 0 radical (unpaired) electrons. The van der Waals surface area contributed by atoms with Gasteiger partial charge >= 0.3 is 5.97 Å². The van der Waals surface area contributed by atoms with Gasteiger partial charge in [0.25, 0.3) is 11.8 Å². The van der Waals surface area contributed by atoms with Crippen molar-refractivity contribution in [3.05, 3.63) is 46.5 Å². The quantitative estimate of drug-likeness (QED) is 0.749. The van der Waals surface area contributed by atoms with Crippen LogP contribution >= 0.6 is 11.8 Å². The van der Waals surface area contributed by atoms with Crippen molar-refractivity contribution < 1.29 is 29.4 Å². The molecule has 2 N–H and O–H groups in total. The van der Waals surface area contributed by atoms with Crippen molar-refractivity contribution in [3.63, 3.8) is 0 Å². The van der Waals surface area contributed by atoms with Gasteiger partial charge in [-0.2, -0.15) is 11.8 Å². The lowest BCUT2D eigenvalue weighted by atomic mass is 9.71. The molecule has 25 heavy (non-hydrogen) atoms. The minimum absolute atomic E-state index is 0.0934. The molecule has 3 aliphatic rings. The van der Waals surface area contributed by atoms with Crippen LogP contribution in [-0.4, -0.2) is 62.3 Å². The lowest BCUT2D eigenvalue weighted by Gasteiger charge is -2.48. The van der Waals surface area contributed by atoms with Crippen molar-refractivity contribution in [1.29, 1.82) is 0 Å². The minimum Gasteiger partial charge on any atom is -0.478 e. The third-order valence-electron chi connectivity index (χ3n) is 4.90. The highest BCUT2D eigenvalue weighted by molar-refractivity contribution is 8.00. The Morgan fingerprint density at radius 2 is 1.76 bits per heavy atom. The van der Waals surface area contributed by atoms with Crippen LogP contribution < -0.4 is 0 Å². The van der Waals surface area contributed by atoms with Crippen LogP contribution in [0.5, 0.6) is 0 Å². The van der Waals surface area contributed by atoms with Gasteiger partial charge in [0.05, 0.1) is 29.2 Å². The number of Topliss-reactive ketones (excluding diaryl/α,β-unsaturated/α-hetero) is 1. The summed E-state index contributed by atoms with van der Waals surface area (Å²) in [5, 5.41) is 18.2. The van der Waals surface area contributed by atoms with E-state index in [1.165, 1.54) is 23.9 Å². The number of amides is 2. The van der Waals surface area contributed by atoms with E-state index in [1.807, 2.05) is 0 Å². The first kappa shape index (κ1) is 16.0. The molecule has 0 saturated heterocycles. The fourth-order valence-electron chi connectivity index (χ4n) is 3.71. The maximum atomic E-state index is 12.7. The molecule has 1 aromatic carbocycles. The van der Waals surface area contributed by atoms with Crippen LogP contribution in [0.1, 0.15) is 20.7 Å². The Balaban J connectivity index is 1.69. The van der Waals surface area contributed by atoms with Crippen LogP contribution in [0.4, 0.5) is 0 Å². The molecule has 1 aliphatic carbocycles. The molecule has 3 atom stereocenters. The van der Waals surface area contributed by atoms with E-state index in [0.717, 1.165) is 4.90 Å². The Kier molecular flexibility index (Phi) is 3.55. The van der Waals surface area contributed by atoms with Crippen LogP contribution in [0.15, 0.2) is 35.4 Å². The first-order valence-corrected chi connectivity index (χ1v) is 8.70. The first-order chi connectivity index (χ1) is 12.0. The lowest BCUT2D eigenvalue weighted by Crippen LogP contribution is -2.66. The van der Waals surface area contributed by atoms with Gasteiger partial charge in [-0.25, -0.2) is 4.79 Å². The van der Waals surface area contributed by atoms with Crippen molar-refractivity contribution in [3.8, 4) is 0 Å². The SMILES string of the molecule is O=C(O)C1=C(CO)CS[C@H]2C1C(=O)[C@H]2N1C(=O)c2ccccc2C1=O. The number of thioether (sulfide) groups is 1. The smallest absolute Gasteiger partial charge is 0.332 e. The largest absolute Gasteiger partial charge is 0.478 e. The Labute approximate surface area is 146 Å². The molecule has 128 valence electrons. The van der Waals surface area contributed by atoms with Gasteiger partial charge in [-0.1, -0.05) is 12.1 Å². The van der Waals surface area contributed by atoms with Crippen molar-refractivity contribution in [2.24, 2.45) is 5.92 Å². The molecule has 4 rings (SSSR count). The summed E-state index contributed by atoms with van der Waals surface area (Å²) in [6, 6.07) is 5.41. The minimum atomic E-state index is -1.24. The maximum absolute atomic E-state index is 12.7. The van der Waals surface area contributed by atoms with E-state index >= 15 is 0 Å². The molecule has 2 aliphatic heterocycles. The number of carboxylic acid groups (broad SMARTS) is 1. The van der Waals surface area contributed by atoms with Crippen LogP contribution in [-0.2, 0) is 9.59 Å². The summed E-state index contributed by atoms with van der Waals surface area (Å²) in [6.45, 7) is -0.428. The van der Waals surface area contributed by atoms with E-state index in [4.69, 9.17) is 0 Å². The lowest BCUT2D eigenvalue weighted by molar-refractivity contribution is -0.139. The molecule has 8 heteroatoms. The molecule has 1 fully saturated rings. The summed E-state index contributed by atoms with van der Waals surface area (Å²) >= 11 is 1.30. The summed E-state index contributed by atoms with van der Waals surface area (Å²) in [4.78, 5) is 50.3. The molecule has 1 unspecified atom stereocenters. The molecule has 2 heterocycles. The van der Waals surface area contributed by atoms with Gasteiger partial charge in [0.1, 0.15) is 6.04 Å². The number of fused-ring (bicyclic) bond motifs is 2. The van der Waals surface area contributed by atoms with Crippen LogP contribution in [0.3, 0.4) is 0 Å². The van der Waals surface area contributed by atoms with Gasteiger partial charge in [0, 0.05) is 11.0 Å². The zero-order valence-corrected chi connectivity index (χ0v) is 13.7. The van der Waals surface area contributed by atoms with Gasteiger partial charge in [-0.3, -0.25) is 19.3 Å². The number of aliphatic hydroxyl groups excluding tert-OH is 1. The molecule has 1 saturated carbocycles. The number of carbonyl (C=O) groups is 4. The van der Waals surface area contributed by atoms with Crippen LogP contribution in [0.2, 0.25) is 0 Å². The fourth-order valence-corrected chi connectivity index (χ4v) is 5.25. The van der Waals surface area contributed by atoms with E-state index in [2.05, 4.69) is 0 Å². The number of imide groups is 1. The topological polar surface area (TPSA) is 112 Å². The third-order valence-corrected chi connectivity index (χ3v) is 6.33. The standard InChI is InChI=1S/C17H13NO6S/c19-5-7-6-25-14-11(10(7)17(23)24)13(20)12(14)18-15(21)8-3-1-2-4-9(8)16(18)22/h1-4,11-12,14,19H,5-6H2,(H,23,24)/t11?,12-,14+/m1/s1. The second-order valence-corrected chi connectivity index (χ2v) is 7.27. The highest BCUT2D eigenvalue weighted by atomic mass is 32.2. The van der Waals surface area contributed by atoms with Crippen molar-refractivity contribution in [1.82, 2.24) is 4.90 Å². The maximum Gasteiger partial charge on any atom is 0.332 e. The number of hydrogen-bond donors (Lipinski definition) is 2. The normalized spacial score (nSPS) is 28.0. The van der Waals surface area contributed by atoms with E-state index in [9.17, 15) is 29.4 Å². The molecule has 0 spiro atoms. The number of carboxylic acids is 1. The molecular weight excluding hydrogens is 346 g/mol. The zero-order valence-electron chi connectivity index (χ0n) is 12.8. The van der Waals surface area contributed by atoms with Gasteiger partial charge in [-0.15, -0.1) is 0 Å². The van der Waals surface area contributed by atoms with E-state index in [0.29, 0.717) is 5.57 Å². The Hall–Kier alpha value is -2.45. The summed E-state index contributed by atoms with van der Waals surface area (Å²) in [5.41, 5.74) is 0.737. The summed E-state index contributed by atoms with van der Waals surface area (Å²) in [6.07, 6.45) is 0. The number of aliphatic hydroxyl groups is 1. The number of rotatable bonds is 3. The van der Waals surface area contributed by atoms with E-state index in [1.54, 1.807) is 12.1 Å². The summed E-state index contributed by atoms with van der Waals surface area (Å²) in [5.74, 6) is -3.39. The number of nitrogens with zero attached hydrogens (tertiary/aromatic N) is 1. The van der Waals surface area contributed by atoms with E-state index < -0.39 is 47.4 Å². The van der Waals surface area contributed by atoms with Gasteiger partial charge < -0.3 is 10.2 Å². The first-order valence-electron chi connectivity index (χ1n) is 7.65. The molecule has 2 amide bonds. The average molecular weight is 359 g/mol. The Morgan fingerprint density at radius 3 is 2.28 bits per heavy atom. The van der Waals surface area contributed by atoms with Crippen LogP contribution in [0, 0.1) is 5.92 Å².